The van der Waals surface area contributed by atoms with Crippen LogP contribution in [-0.4, -0.2) is 6.54 Å². The molecule has 0 heterocycles. The van der Waals surface area contributed by atoms with Gasteiger partial charge in [-0.1, -0.05) is 47.7 Å². The highest BCUT2D eigenvalue weighted by Crippen LogP contribution is 2.19. The predicted molar refractivity (Wildman–Crippen MR) is 78.0 cm³/mol. The van der Waals surface area contributed by atoms with Crippen molar-refractivity contribution in [1.82, 2.24) is 0 Å². The Hall–Kier alpha value is -1.91. The van der Waals surface area contributed by atoms with Crippen molar-refractivity contribution in [2.75, 3.05) is 11.9 Å². The highest BCUT2D eigenvalue weighted by atomic mass is 35.5. The third-order valence-corrected chi connectivity index (χ3v) is 2.81. The second-order valence-corrected chi connectivity index (χ2v) is 4.42. The Balaban J connectivity index is 1.97. The lowest BCUT2D eigenvalue weighted by molar-refractivity contribution is 1.33. The first-order chi connectivity index (χ1) is 8.75. The Kier molecular flexibility index (Phi) is 4.28. The normalized spacial score (nSPS) is 9.44. The summed E-state index contributed by atoms with van der Waals surface area (Å²) in [6.07, 6.45) is 0. The molecule has 1 nitrogen and oxygen atoms in total. The van der Waals surface area contributed by atoms with Gasteiger partial charge in [0.1, 0.15) is 0 Å². The van der Waals surface area contributed by atoms with E-state index in [1.807, 2.05) is 55.5 Å². The summed E-state index contributed by atoms with van der Waals surface area (Å²) in [4.78, 5) is 0. The van der Waals surface area contributed by atoms with Crippen molar-refractivity contribution in [3.63, 3.8) is 0 Å². The largest absolute Gasteiger partial charge is 0.374 e. The summed E-state index contributed by atoms with van der Waals surface area (Å²) in [6.45, 7) is 2.65. The third kappa shape index (κ3) is 3.55. The molecule has 0 fully saturated rings. The molecule has 0 amide bonds. The first-order valence-electron chi connectivity index (χ1n) is 5.79. The van der Waals surface area contributed by atoms with Gasteiger partial charge in [-0.25, -0.2) is 0 Å². The van der Waals surface area contributed by atoms with E-state index < -0.39 is 0 Å². The van der Waals surface area contributed by atoms with E-state index in [2.05, 4.69) is 17.2 Å². The van der Waals surface area contributed by atoms with Crippen LogP contribution in [0.2, 0.25) is 5.02 Å². The topological polar surface area (TPSA) is 12.0 Å². The summed E-state index contributed by atoms with van der Waals surface area (Å²) in [6, 6.07) is 15.7. The van der Waals surface area contributed by atoms with E-state index in [9.17, 15) is 0 Å². The zero-order chi connectivity index (χ0) is 12.8. The van der Waals surface area contributed by atoms with Crippen molar-refractivity contribution in [2.24, 2.45) is 0 Å². The first-order valence-corrected chi connectivity index (χ1v) is 6.17. The molecule has 0 spiro atoms. The molecule has 0 atom stereocenters. The van der Waals surface area contributed by atoms with E-state index in [-0.39, 0.29) is 0 Å². The Morgan fingerprint density at radius 3 is 2.67 bits per heavy atom. The van der Waals surface area contributed by atoms with Gasteiger partial charge in [0, 0.05) is 16.3 Å². The maximum Gasteiger partial charge on any atom is 0.0769 e. The predicted octanol–water partition coefficient (Wildman–Crippen LogP) is 4.11. The van der Waals surface area contributed by atoms with Crippen molar-refractivity contribution >= 4 is 17.3 Å². The molecule has 18 heavy (non-hydrogen) atoms. The smallest absolute Gasteiger partial charge is 0.0769 e. The lowest BCUT2D eigenvalue weighted by Gasteiger charge is -2.06. The summed E-state index contributed by atoms with van der Waals surface area (Å²) in [5, 5.41) is 4.00. The number of nitrogens with one attached hydrogen (secondary N) is 1. The van der Waals surface area contributed by atoms with Crippen LogP contribution in [0.15, 0.2) is 48.5 Å². The molecule has 2 aromatic rings. The van der Waals surface area contributed by atoms with E-state index in [0.29, 0.717) is 6.54 Å². The third-order valence-electron chi connectivity index (χ3n) is 2.57. The monoisotopic (exact) mass is 255 g/mol. The van der Waals surface area contributed by atoms with Gasteiger partial charge in [-0.15, -0.1) is 0 Å². The quantitative estimate of drug-likeness (QED) is 0.797. The number of halogens is 1. The molecule has 0 aliphatic rings. The van der Waals surface area contributed by atoms with E-state index in [1.165, 1.54) is 5.56 Å². The highest BCUT2D eigenvalue weighted by molar-refractivity contribution is 6.30. The van der Waals surface area contributed by atoms with E-state index in [1.54, 1.807) is 0 Å². The Bertz CT molecular complexity index is 579. The van der Waals surface area contributed by atoms with E-state index in [4.69, 9.17) is 11.6 Å². The fraction of sp³-hybridized carbons (Fsp3) is 0.125. The van der Waals surface area contributed by atoms with E-state index in [0.717, 1.165) is 16.3 Å². The van der Waals surface area contributed by atoms with Gasteiger partial charge in [-0.05, 0) is 36.8 Å². The average Bonchev–Trinajstić information content (AvgIpc) is 2.40. The van der Waals surface area contributed by atoms with Crippen molar-refractivity contribution in [3.05, 3.63) is 64.7 Å². The van der Waals surface area contributed by atoms with Crippen molar-refractivity contribution in [2.45, 2.75) is 6.92 Å². The molecular weight excluding hydrogens is 242 g/mol. The lowest BCUT2D eigenvalue weighted by atomic mass is 10.2. The molecule has 0 saturated heterocycles. The van der Waals surface area contributed by atoms with Gasteiger partial charge < -0.3 is 5.32 Å². The van der Waals surface area contributed by atoms with Crippen LogP contribution >= 0.6 is 11.6 Å². The Morgan fingerprint density at radius 1 is 1.11 bits per heavy atom. The molecule has 0 aliphatic heterocycles. The molecule has 0 bridgehead atoms. The van der Waals surface area contributed by atoms with Gasteiger partial charge in [-0.2, -0.15) is 0 Å². The van der Waals surface area contributed by atoms with Crippen LogP contribution in [0, 0.1) is 18.8 Å². The minimum absolute atomic E-state index is 0.607. The van der Waals surface area contributed by atoms with Crippen LogP contribution in [-0.2, 0) is 0 Å². The van der Waals surface area contributed by atoms with Crippen LogP contribution in [0.4, 0.5) is 5.69 Å². The maximum atomic E-state index is 5.95. The summed E-state index contributed by atoms with van der Waals surface area (Å²) in [5.41, 5.74) is 3.23. The molecular formula is C16H14ClN. The fourth-order valence-corrected chi connectivity index (χ4v) is 1.76. The molecule has 0 saturated carbocycles. The minimum Gasteiger partial charge on any atom is -0.374 e. The van der Waals surface area contributed by atoms with Gasteiger partial charge in [-0.3, -0.25) is 0 Å². The van der Waals surface area contributed by atoms with Crippen LogP contribution in [0.5, 0.6) is 0 Å². The van der Waals surface area contributed by atoms with E-state index >= 15 is 0 Å². The fourth-order valence-electron chi connectivity index (χ4n) is 1.59. The van der Waals surface area contributed by atoms with Gasteiger partial charge >= 0.3 is 0 Å². The molecule has 2 rings (SSSR count). The molecule has 2 heteroatoms. The molecule has 1 N–H and O–H groups in total. The number of benzene rings is 2. The summed E-state index contributed by atoms with van der Waals surface area (Å²) in [5.74, 6) is 6.20. The zero-order valence-corrected chi connectivity index (χ0v) is 11.0. The second kappa shape index (κ2) is 6.14. The van der Waals surface area contributed by atoms with Crippen molar-refractivity contribution in [3.8, 4) is 11.8 Å². The van der Waals surface area contributed by atoms with Crippen LogP contribution in [0.3, 0.4) is 0 Å². The molecule has 0 aromatic heterocycles. The summed E-state index contributed by atoms with van der Waals surface area (Å²) < 4.78 is 0. The van der Waals surface area contributed by atoms with Gasteiger partial charge in [0.2, 0.25) is 0 Å². The molecule has 0 aliphatic carbocycles. The minimum atomic E-state index is 0.607. The number of rotatable bonds is 2. The Labute approximate surface area is 113 Å². The standard InChI is InChI=1S/C16H14ClN/c1-13-9-10-15(17)12-16(13)18-11-5-8-14-6-3-2-4-7-14/h2-4,6-7,9-10,12,18H,11H2,1H3. The average molecular weight is 256 g/mol. The Morgan fingerprint density at radius 2 is 1.89 bits per heavy atom. The second-order valence-electron chi connectivity index (χ2n) is 3.98. The maximum absolute atomic E-state index is 5.95. The lowest BCUT2D eigenvalue weighted by Crippen LogP contribution is -2.00. The SMILES string of the molecule is Cc1ccc(Cl)cc1NCC#Cc1ccccc1. The van der Waals surface area contributed by atoms with Gasteiger partial charge in [0.15, 0.2) is 0 Å². The molecule has 2 aromatic carbocycles. The molecule has 0 radical (unpaired) electrons. The van der Waals surface area contributed by atoms with Crippen molar-refractivity contribution < 1.29 is 0 Å². The first kappa shape index (κ1) is 12.5. The number of hydrogen-bond donors (Lipinski definition) is 1. The van der Waals surface area contributed by atoms with Gasteiger partial charge in [0.25, 0.3) is 0 Å². The zero-order valence-electron chi connectivity index (χ0n) is 10.2. The summed E-state index contributed by atoms with van der Waals surface area (Å²) >= 11 is 5.95. The number of hydrogen-bond acceptors (Lipinski definition) is 1. The van der Waals surface area contributed by atoms with Crippen molar-refractivity contribution in [1.29, 1.82) is 0 Å². The van der Waals surface area contributed by atoms with Crippen LogP contribution in [0.25, 0.3) is 0 Å². The van der Waals surface area contributed by atoms with Crippen LogP contribution < -0.4 is 5.32 Å². The summed E-state index contributed by atoms with van der Waals surface area (Å²) in [7, 11) is 0. The molecule has 0 unspecified atom stereocenters. The number of anilines is 1. The molecule has 90 valence electrons. The van der Waals surface area contributed by atoms with Crippen LogP contribution in [0.1, 0.15) is 11.1 Å². The van der Waals surface area contributed by atoms with Gasteiger partial charge in [0.05, 0.1) is 6.54 Å². The number of aryl methyl sites for hydroxylation is 1. The highest BCUT2D eigenvalue weighted by Gasteiger charge is 1.96.